The van der Waals surface area contributed by atoms with Crippen LogP contribution in [0, 0.1) is 6.92 Å². The number of aryl methyl sites for hydroxylation is 1. The Balaban J connectivity index is 1.57. The Morgan fingerprint density at radius 1 is 1.10 bits per heavy atom. The highest BCUT2D eigenvalue weighted by Crippen LogP contribution is 2.24. The van der Waals surface area contributed by atoms with Crippen LogP contribution in [0.3, 0.4) is 0 Å². The molecule has 0 amide bonds. The summed E-state index contributed by atoms with van der Waals surface area (Å²) < 4.78 is 6.85. The van der Waals surface area contributed by atoms with Gasteiger partial charge in [-0.1, -0.05) is 36.4 Å². The molecule has 3 aromatic rings. The first kappa shape index (κ1) is 18.6. The standard InChI is InChI=1S/C22H21N5O2/c1-3-29-18-11-9-17(10-12-18)24-25-21-15(2)26-27(22(21)28)20-14-13-19(23-20)16-7-5-4-6-8-16/h4-13,26H,3,14H2,1-2H3. The lowest BCUT2D eigenvalue weighted by Gasteiger charge is -2.01. The molecule has 4 rings (SSSR count). The summed E-state index contributed by atoms with van der Waals surface area (Å²) in [7, 11) is 0. The molecule has 0 spiro atoms. The van der Waals surface area contributed by atoms with Gasteiger partial charge in [-0.25, -0.2) is 9.67 Å². The van der Waals surface area contributed by atoms with Crippen molar-refractivity contribution in [3.8, 4) is 5.75 Å². The Hall–Kier alpha value is -3.74. The van der Waals surface area contributed by atoms with Crippen LogP contribution in [0.1, 0.15) is 24.6 Å². The Bertz CT molecular complexity index is 1150. The van der Waals surface area contributed by atoms with E-state index in [4.69, 9.17) is 4.74 Å². The number of ether oxygens (including phenoxy) is 1. The van der Waals surface area contributed by atoms with Crippen LogP contribution in [-0.4, -0.2) is 22.2 Å². The van der Waals surface area contributed by atoms with Gasteiger partial charge in [-0.05, 0) is 43.7 Å². The minimum absolute atomic E-state index is 0.265. The summed E-state index contributed by atoms with van der Waals surface area (Å²) >= 11 is 0. The van der Waals surface area contributed by atoms with Crippen molar-refractivity contribution < 1.29 is 4.74 Å². The monoisotopic (exact) mass is 387 g/mol. The lowest BCUT2D eigenvalue weighted by molar-refractivity contribution is 0.340. The first-order valence-corrected chi connectivity index (χ1v) is 9.45. The third-order valence-corrected chi connectivity index (χ3v) is 4.51. The molecule has 1 aliphatic rings. The number of aliphatic imine (C=N–C) groups is 1. The van der Waals surface area contributed by atoms with E-state index >= 15 is 0 Å². The first-order valence-electron chi connectivity index (χ1n) is 9.45. The van der Waals surface area contributed by atoms with E-state index in [0.29, 0.717) is 30.2 Å². The van der Waals surface area contributed by atoms with Crippen LogP contribution in [0.5, 0.6) is 5.75 Å². The lowest BCUT2D eigenvalue weighted by Crippen LogP contribution is -2.23. The fraction of sp³-hybridized carbons (Fsp3) is 0.182. The highest BCUT2D eigenvalue weighted by atomic mass is 16.5. The topological polar surface area (TPSA) is 84.1 Å². The number of nitrogens with one attached hydrogen (secondary N) is 1. The second-order valence-corrected chi connectivity index (χ2v) is 6.54. The molecular formula is C22H21N5O2. The zero-order valence-corrected chi connectivity index (χ0v) is 16.3. The summed E-state index contributed by atoms with van der Waals surface area (Å²) in [5, 5.41) is 11.4. The van der Waals surface area contributed by atoms with Crippen LogP contribution >= 0.6 is 0 Å². The van der Waals surface area contributed by atoms with Gasteiger partial charge in [0.25, 0.3) is 5.56 Å². The van der Waals surface area contributed by atoms with Crippen LogP contribution in [0.2, 0.25) is 0 Å². The quantitative estimate of drug-likeness (QED) is 0.626. The normalized spacial score (nSPS) is 13.6. The maximum Gasteiger partial charge on any atom is 0.300 e. The number of nitrogens with zero attached hydrogens (tertiary/aromatic N) is 4. The number of benzene rings is 2. The number of allylic oxidation sites excluding steroid dienone is 1. The number of hydrogen-bond donors (Lipinski definition) is 1. The molecule has 146 valence electrons. The number of aromatic amines is 1. The molecule has 29 heavy (non-hydrogen) atoms. The Morgan fingerprint density at radius 3 is 2.59 bits per heavy atom. The summed E-state index contributed by atoms with van der Waals surface area (Å²) in [6.07, 6.45) is 2.58. The van der Waals surface area contributed by atoms with Gasteiger partial charge in [0.15, 0.2) is 5.69 Å². The summed E-state index contributed by atoms with van der Waals surface area (Å²) in [5.74, 6) is 1.41. The van der Waals surface area contributed by atoms with Crippen LogP contribution in [0.25, 0.3) is 5.70 Å². The molecule has 0 atom stereocenters. The van der Waals surface area contributed by atoms with Crippen LogP contribution in [-0.2, 0) is 0 Å². The Kier molecular flexibility index (Phi) is 5.20. The van der Waals surface area contributed by atoms with E-state index in [2.05, 4.69) is 20.3 Å². The maximum atomic E-state index is 12.8. The van der Waals surface area contributed by atoms with Gasteiger partial charge in [0.1, 0.15) is 11.6 Å². The van der Waals surface area contributed by atoms with Gasteiger partial charge in [0, 0.05) is 6.42 Å². The van der Waals surface area contributed by atoms with Crippen molar-refractivity contribution in [1.29, 1.82) is 0 Å². The largest absolute Gasteiger partial charge is 0.494 e. The summed E-state index contributed by atoms with van der Waals surface area (Å²) in [6.45, 7) is 4.33. The highest BCUT2D eigenvalue weighted by Gasteiger charge is 2.18. The second kappa shape index (κ2) is 8.10. The fourth-order valence-corrected chi connectivity index (χ4v) is 3.07. The molecule has 7 nitrogen and oxygen atoms in total. The number of azo groups is 1. The average molecular weight is 387 g/mol. The van der Waals surface area contributed by atoms with Crippen molar-refractivity contribution in [3.63, 3.8) is 0 Å². The van der Waals surface area contributed by atoms with Crippen molar-refractivity contribution in [1.82, 2.24) is 9.78 Å². The summed E-state index contributed by atoms with van der Waals surface area (Å²) in [4.78, 5) is 17.4. The summed E-state index contributed by atoms with van der Waals surface area (Å²) in [5.41, 5.74) is 3.17. The predicted octanol–water partition coefficient (Wildman–Crippen LogP) is 4.99. The third-order valence-electron chi connectivity index (χ3n) is 4.51. The predicted molar refractivity (Wildman–Crippen MR) is 113 cm³/mol. The molecule has 0 radical (unpaired) electrons. The number of rotatable bonds is 5. The van der Waals surface area contributed by atoms with Gasteiger partial charge in [-0.15, -0.1) is 5.11 Å². The van der Waals surface area contributed by atoms with Crippen molar-refractivity contribution in [2.75, 3.05) is 6.61 Å². The molecule has 1 aromatic heterocycles. The van der Waals surface area contributed by atoms with Gasteiger partial charge >= 0.3 is 0 Å². The smallest absolute Gasteiger partial charge is 0.300 e. The van der Waals surface area contributed by atoms with E-state index in [-0.39, 0.29) is 11.2 Å². The molecule has 1 N–H and O–H groups in total. The molecule has 0 bridgehead atoms. The Labute approximate surface area is 168 Å². The van der Waals surface area contributed by atoms with Crippen molar-refractivity contribution in [2.45, 2.75) is 20.3 Å². The van der Waals surface area contributed by atoms with E-state index in [0.717, 1.165) is 17.0 Å². The molecule has 0 saturated carbocycles. The van der Waals surface area contributed by atoms with Gasteiger partial charge in [0.2, 0.25) is 0 Å². The average Bonchev–Trinajstić information content (AvgIpc) is 3.34. The second-order valence-electron chi connectivity index (χ2n) is 6.54. The zero-order chi connectivity index (χ0) is 20.2. The number of hydrogen-bond acceptors (Lipinski definition) is 5. The van der Waals surface area contributed by atoms with Crippen LogP contribution in [0.4, 0.5) is 11.4 Å². The molecule has 0 fully saturated rings. The molecule has 7 heteroatoms. The molecular weight excluding hydrogens is 366 g/mol. The van der Waals surface area contributed by atoms with Gasteiger partial charge in [-0.3, -0.25) is 9.89 Å². The first-order chi connectivity index (χ1) is 14.2. The van der Waals surface area contributed by atoms with Gasteiger partial charge in [0.05, 0.1) is 23.7 Å². The van der Waals surface area contributed by atoms with E-state index in [9.17, 15) is 4.79 Å². The van der Waals surface area contributed by atoms with E-state index in [1.165, 1.54) is 4.68 Å². The molecule has 2 aromatic carbocycles. The Morgan fingerprint density at radius 2 is 1.86 bits per heavy atom. The van der Waals surface area contributed by atoms with Crippen molar-refractivity contribution in [3.05, 3.63) is 82.3 Å². The summed E-state index contributed by atoms with van der Waals surface area (Å²) in [6, 6.07) is 17.1. The third kappa shape index (κ3) is 3.94. The zero-order valence-electron chi connectivity index (χ0n) is 16.3. The SMILES string of the molecule is CCOc1ccc(N=Nc2c(C)[nH]n(C3=NC(c4ccccc4)=CC3)c2=O)cc1. The molecule has 0 aliphatic carbocycles. The van der Waals surface area contributed by atoms with Crippen LogP contribution in [0.15, 0.2) is 80.7 Å². The molecule has 2 heterocycles. The van der Waals surface area contributed by atoms with E-state index < -0.39 is 0 Å². The minimum Gasteiger partial charge on any atom is -0.494 e. The van der Waals surface area contributed by atoms with Gasteiger partial charge in [-0.2, -0.15) is 5.11 Å². The van der Waals surface area contributed by atoms with Crippen LogP contribution < -0.4 is 10.3 Å². The maximum absolute atomic E-state index is 12.8. The molecule has 1 aliphatic heterocycles. The van der Waals surface area contributed by atoms with Crippen molar-refractivity contribution >= 4 is 22.9 Å². The lowest BCUT2D eigenvalue weighted by atomic mass is 10.1. The van der Waals surface area contributed by atoms with Crippen molar-refractivity contribution in [2.24, 2.45) is 15.2 Å². The number of H-pyrrole nitrogens is 1. The van der Waals surface area contributed by atoms with E-state index in [1.807, 2.05) is 55.5 Å². The molecule has 0 unspecified atom stereocenters. The van der Waals surface area contributed by atoms with E-state index in [1.54, 1.807) is 19.1 Å². The van der Waals surface area contributed by atoms with Gasteiger partial charge < -0.3 is 4.74 Å². The highest BCUT2D eigenvalue weighted by molar-refractivity contribution is 5.95. The molecule has 0 saturated heterocycles. The minimum atomic E-state index is -0.265. The fourth-order valence-electron chi connectivity index (χ4n) is 3.07. The number of aromatic nitrogens is 2.